The molecular formula is C30H24FN5O4S2. The molecule has 42 heavy (non-hydrogen) atoms. The lowest BCUT2D eigenvalue weighted by molar-refractivity contribution is -0.132. The molecule has 212 valence electrons. The van der Waals surface area contributed by atoms with Gasteiger partial charge in [-0.2, -0.15) is 0 Å². The van der Waals surface area contributed by atoms with Crippen LogP contribution in [0.25, 0.3) is 11.4 Å². The summed E-state index contributed by atoms with van der Waals surface area (Å²) >= 11 is 2.38. The van der Waals surface area contributed by atoms with Crippen molar-refractivity contribution >= 4 is 51.3 Å². The number of aryl methyl sites for hydroxylation is 1. The number of pyridine rings is 1. The Labute approximate surface area is 248 Å². The van der Waals surface area contributed by atoms with Crippen molar-refractivity contribution in [3.05, 3.63) is 107 Å². The molecule has 0 aliphatic carbocycles. The molecule has 0 bridgehead atoms. The number of nitrogens with zero attached hydrogens (tertiary/aromatic N) is 5. The average molecular weight is 602 g/mol. The quantitative estimate of drug-likeness (QED) is 0.0764. The Bertz CT molecular complexity index is 1870. The van der Waals surface area contributed by atoms with Gasteiger partial charge >= 0.3 is 5.91 Å². The summed E-state index contributed by atoms with van der Waals surface area (Å²) in [7, 11) is 0. The number of aliphatic hydroxyl groups excluding tert-OH is 1. The predicted octanol–water partition coefficient (Wildman–Crippen LogP) is 5.95. The highest BCUT2D eigenvalue weighted by atomic mass is 32.2. The molecule has 0 spiro atoms. The number of imidazole rings is 1. The van der Waals surface area contributed by atoms with Crippen LogP contribution < -0.4 is 9.64 Å². The highest BCUT2D eigenvalue weighted by molar-refractivity contribution is 8.00. The van der Waals surface area contributed by atoms with Gasteiger partial charge in [0.1, 0.15) is 22.9 Å². The van der Waals surface area contributed by atoms with Crippen LogP contribution in [0.3, 0.4) is 0 Å². The maximum atomic E-state index is 14.1. The lowest BCUT2D eigenvalue weighted by Gasteiger charge is -2.23. The van der Waals surface area contributed by atoms with Crippen LogP contribution >= 0.6 is 23.1 Å². The first-order valence-corrected chi connectivity index (χ1v) is 14.8. The van der Waals surface area contributed by atoms with E-state index >= 15 is 0 Å². The number of aromatic nitrogens is 4. The van der Waals surface area contributed by atoms with E-state index in [9.17, 15) is 19.1 Å². The largest absolute Gasteiger partial charge is 0.505 e. The molecule has 1 saturated heterocycles. The van der Waals surface area contributed by atoms with Crippen molar-refractivity contribution in [2.45, 2.75) is 30.0 Å². The summed E-state index contributed by atoms with van der Waals surface area (Å²) in [5.41, 5.74) is 2.35. The third kappa shape index (κ3) is 4.92. The summed E-state index contributed by atoms with van der Waals surface area (Å²) in [5.74, 6) is -1.52. The molecule has 1 N–H and O–H groups in total. The molecular weight excluding hydrogens is 577 g/mol. The minimum absolute atomic E-state index is 0.0989. The lowest BCUT2D eigenvalue weighted by atomic mass is 9.96. The van der Waals surface area contributed by atoms with Gasteiger partial charge < -0.3 is 9.84 Å². The number of fused-ring (bicyclic) bond motifs is 1. The van der Waals surface area contributed by atoms with Crippen LogP contribution in [0.1, 0.15) is 35.5 Å². The summed E-state index contributed by atoms with van der Waals surface area (Å²) in [6, 6.07) is 17.9. The number of aliphatic hydroxyl groups is 1. The molecule has 1 aliphatic heterocycles. The van der Waals surface area contributed by atoms with Crippen molar-refractivity contribution in [1.82, 2.24) is 19.6 Å². The van der Waals surface area contributed by atoms with Crippen molar-refractivity contribution in [1.29, 1.82) is 0 Å². The van der Waals surface area contributed by atoms with Gasteiger partial charge in [-0.3, -0.25) is 18.9 Å². The van der Waals surface area contributed by atoms with Crippen LogP contribution in [0.4, 0.5) is 9.52 Å². The van der Waals surface area contributed by atoms with Crippen LogP contribution in [0, 0.1) is 12.7 Å². The minimum Gasteiger partial charge on any atom is -0.505 e. The molecule has 9 nitrogen and oxygen atoms in total. The molecule has 5 aromatic rings. The first kappa shape index (κ1) is 27.6. The number of ketones is 1. The summed E-state index contributed by atoms with van der Waals surface area (Å²) in [5, 5.41) is 20.3. The van der Waals surface area contributed by atoms with Gasteiger partial charge in [0.2, 0.25) is 5.13 Å². The van der Waals surface area contributed by atoms with Gasteiger partial charge in [0.15, 0.2) is 10.1 Å². The van der Waals surface area contributed by atoms with Crippen molar-refractivity contribution in [3.63, 3.8) is 0 Å². The Balaban J connectivity index is 1.45. The summed E-state index contributed by atoms with van der Waals surface area (Å²) < 4.78 is 22.0. The van der Waals surface area contributed by atoms with Crippen LogP contribution in [0.2, 0.25) is 0 Å². The number of ether oxygens (including phenoxy) is 1. The van der Waals surface area contributed by atoms with E-state index in [0.717, 1.165) is 11.3 Å². The van der Waals surface area contributed by atoms with Crippen molar-refractivity contribution in [2.75, 3.05) is 11.5 Å². The summed E-state index contributed by atoms with van der Waals surface area (Å²) in [6.07, 6.45) is 1.73. The molecule has 12 heteroatoms. The molecule has 6 rings (SSSR count). The number of carbonyl (C=O) groups is 2. The molecule has 3 aromatic heterocycles. The number of Topliss-reactive ketones (excluding diaryl/α,β-unsaturated/α-hetero) is 1. The van der Waals surface area contributed by atoms with E-state index in [2.05, 4.69) is 15.2 Å². The topological polar surface area (TPSA) is 110 Å². The highest BCUT2D eigenvalue weighted by Crippen LogP contribution is 2.45. The molecule has 4 heterocycles. The first-order valence-electron chi connectivity index (χ1n) is 13.0. The van der Waals surface area contributed by atoms with E-state index in [0.29, 0.717) is 50.6 Å². The number of benzene rings is 2. The number of thioether (sulfide) groups is 1. The standard InChI is InChI=1S/C30H24FN5O4S2/c1-3-40-20-11-8-10-18(15-20)25-23(26(37)24-17(2)32-22-13-6-7-14-35(22)24)27(38)28(39)36(25)29-33-34-30(42-29)41-16-19-9-4-5-12-21(19)31/h4-15,25,37H,3,16H2,1-2H3. The highest BCUT2D eigenvalue weighted by Gasteiger charge is 2.49. The molecule has 1 aliphatic rings. The van der Waals surface area contributed by atoms with E-state index in [1.165, 1.54) is 22.7 Å². The van der Waals surface area contributed by atoms with Gasteiger partial charge in [-0.05, 0) is 55.3 Å². The van der Waals surface area contributed by atoms with E-state index in [4.69, 9.17) is 4.74 Å². The second-order valence-corrected chi connectivity index (χ2v) is 11.6. The summed E-state index contributed by atoms with van der Waals surface area (Å²) in [6.45, 7) is 4.00. The Kier molecular flexibility index (Phi) is 7.48. The van der Waals surface area contributed by atoms with Gasteiger partial charge in [0, 0.05) is 11.9 Å². The molecule has 1 unspecified atom stereocenters. The number of rotatable bonds is 8. The fourth-order valence-corrected chi connectivity index (χ4v) is 6.78. The molecule has 1 fully saturated rings. The monoisotopic (exact) mass is 601 g/mol. The smallest absolute Gasteiger partial charge is 0.301 e. The molecule has 1 amide bonds. The maximum absolute atomic E-state index is 14.1. The average Bonchev–Trinajstić information content (AvgIpc) is 3.66. The fraction of sp³-hybridized carbons (Fsp3) is 0.167. The fourth-order valence-electron chi connectivity index (χ4n) is 4.93. The van der Waals surface area contributed by atoms with Gasteiger partial charge in [0.05, 0.1) is 23.9 Å². The normalized spacial score (nSPS) is 16.5. The third-order valence-corrected chi connectivity index (χ3v) is 8.87. The zero-order valence-corrected chi connectivity index (χ0v) is 24.2. The van der Waals surface area contributed by atoms with Crippen molar-refractivity contribution in [3.8, 4) is 5.75 Å². The number of carbonyl (C=O) groups excluding carboxylic acids is 2. The Morgan fingerprint density at radius 2 is 1.90 bits per heavy atom. The molecule has 2 aromatic carbocycles. The zero-order valence-electron chi connectivity index (χ0n) is 22.5. The third-order valence-electron chi connectivity index (χ3n) is 6.77. The van der Waals surface area contributed by atoms with Crippen LogP contribution in [-0.4, -0.2) is 43.0 Å². The van der Waals surface area contributed by atoms with Gasteiger partial charge in [-0.15, -0.1) is 10.2 Å². The number of hydrogen-bond donors (Lipinski definition) is 1. The predicted molar refractivity (Wildman–Crippen MR) is 158 cm³/mol. The Morgan fingerprint density at radius 3 is 2.71 bits per heavy atom. The Morgan fingerprint density at radius 1 is 1.10 bits per heavy atom. The maximum Gasteiger partial charge on any atom is 0.301 e. The lowest BCUT2D eigenvalue weighted by Crippen LogP contribution is -2.29. The second-order valence-electron chi connectivity index (χ2n) is 9.38. The van der Waals surface area contributed by atoms with E-state index in [-0.39, 0.29) is 22.3 Å². The number of halogens is 1. The van der Waals surface area contributed by atoms with Gasteiger partial charge in [-0.1, -0.05) is 59.5 Å². The van der Waals surface area contributed by atoms with Crippen molar-refractivity contribution in [2.24, 2.45) is 0 Å². The zero-order chi connectivity index (χ0) is 29.4. The molecule has 0 radical (unpaired) electrons. The van der Waals surface area contributed by atoms with Gasteiger partial charge in [0.25, 0.3) is 5.78 Å². The van der Waals surface area contributed by atoms with Crippen LogP contribution in [0.15, 0.2) is 82.8 Å². The molecule has 0 saturated carbocycles. The van der Waals surface area contributed by atoms with Crippen LogP contribution in [-0.2, 0) is 15.3 Å². The molecule has 1 atom stereocenters. The number of amides is 1. The minimum atomic E-state index is -1.02. The Hall–Kier alpha value is -4.55. The second kappa shape index (κ2) is 11.4. The SMILES string of the molecule is CCOc1cccc(C2C(=C(O)c3c(C)nc4ccccn34)C(=O)C(=O)N2c2nnc(SCc3ccccc3F)s2)c1. The van der Waals surface area contributed by atoms with E-state index in [1.807, 2.05) is 13.0 Å². The van der Waals surface area contributed by atoms with E-state index < -0.39 is 17.7 Å². The summed E-state index contributed by atoms with van der Waals surface area (Å²) in [4.78, 5) is 33.0. The first-order chi connectivity index (χ1) is 20.4. The van der Waals surface area contributed by atoms with Crippen molar-refractivity contribution < 1.29 is 23.8 Å². The van der Waals surface area contributed by atoms with Gasteiger partial charge in [-0.25, -0.2) is 9.37 Å². The van der Waals surface area contributed by atoms with E-state index in [1.54, 1.807) is 72.1 Å². The van der Waals surface area contributed by atoms with Crippen LogP contribution in [0.5, 0.6) is 5.75 Å². The number of hydrogen-bond acceptors (Lipinski definition) is 9. The number of anilines is 1.